The molecule has 2 N–H and O–H groups in total. The lowest BCUT2D eigenvalue weighted by Gasteiger charge is -2.31. The van der Waals surface area contributed by atoms with Crippen molar-refractivity contribution >= 4 is 23.0 Å². The molecule has 7 heteroatoms. The van der Waals surface area contributed by atoms with Gasteiger partial charge in [-0.3, -0.25) is 9.59 Å². The van der Waals surface area contributed by atoms with E-state index in [2.05, 4.69) is 29.7 Å². The maximum absolute atomic E-state index is 14.1. The van der Waals surface area contributed by atoms with E-state index in [0.29, 0.717) is 22.9 Å². The fourth-order valence-electron chi connectivity index (χ4n) is 4.64. The van der Waals surface area contributed by atoms with Crippen molar-refractivity contribution in [3.8, 4) is 16.2 Å². The second-order valence-corrected chi connectivity index (χ2v) is 10.5. The quantitative estimate of drug-likeness (QED) is 0.429. The number of ether oxygens (including phenoxy) is 1. The summed E-state index contributed by atoms with van der Waals surface area (Å²) in [6.07, 6.45) is 5.15. The van der Waals surface area contributed by atoms with Crippen molar-refractivity contribution in [3.05, 3.63) is 70.4 Å². The lowest BCUT2D eigenvalue weighted by Crippen LogP contribution is -2.55. The van der Waals surface area contributed by atoms with Crippen LogP contribution in [0.5, 0.6) is 5.75 Å². The molecule has 2 fully saturated rings. The Kier molecular flexibility index (Phi) is 6.97. The fraction of sp³-hybridized carbons (Fsp3) is 0.393. The van der Waals surface area contributed by atoms with E-state index in [1.165, 1.54) is 0 Å². The van der Waals surface area contributed by atoms with E-state index >= 15 is 0 Å². The number of aromatic nitrogens is 1. The molecule has 1 saturated carbocycles. The highest BCUT2D eigenvalue weighted by Crippen LogP contribution is 2.45. The van der Waals surface area contributed by atoms with E-state index < -0.39 is 6.04 Å². The highest BCUT2D eigenvalue weighted by Gasteiger charge is 2.36. The van der Waals surface area contributed by atoms with E-state index in [1.54, 1.807) is 42.7 Å². The van der Waals surface area contributed by atoms with Crippen LogP contribution >= 0.6 is 11.3 Å². The number of hydrogen-bond acceptors (Lipinski definition) is 6. The Morgan fingerprint density at radius 2 is 1.94 bits per heavy atom. The zero-order chi connectivity index (χ0) is 24.4. The van der Waals surface area contributed by atoms with Crippen LogP contribution in [0.1, 0.15) is 69.4 Å². The number of Topliss-reactive ketones (excluding diaryl/α,β-unsaturated/α-hetero) is 1. The third-order valence-electron chi connectivity index (χ3n) is 6.74. The molecule has 6 nitrogen and oxygen atoms in total. The summed E-state index contributed by atoms with van der Waals surface area (Å²) in [4.78, 5) is 33.2. The normalized spacial score (nSPS) is 18.6. The average Bonchev–Trinajstić information content (AvgIpc) is 3.65. The predicted octanol–water partition coefficient (Wildman–Crippen LogP) is 5.13. The van der Waals surface area contributed by atoms with Gasteiger partial charge in [0.2, 0.25) is 5.78 Å². The maximum Gasteiger partial charge on any atom is 0.252 e. The molecule has 1 aliphatic heterocycles. The number of aryl methyl sites for hydroxylation is 1. The number of ketones is 1. The molecule has 0 radical (unpaired) electrons. The summed E-state index contributed by atoms with van der Waals surface area (Å²) in [5, 5.41) is 7.56. The van der Waals surface area contributed by atoms with Crippen LogP contribution in [0.25, 0.3) is 10.4 Å². The molecule has 3 aromatic rings. The number of hydrogen-bond donors (Lipinski definition) is 2. The zero-order valence-corrected chi connectivity index (χ0v) is 21.0. The van der Waals surface area contributed by atoms with Crippen molar-refractivity contribution in [3.63, 3.8) is 0 Å². The van der Waals surface area contributed by atoms with Crippen molar-refractivity contribution in [1.29, 1.82) is 0 Å². The predicted molar refractivity (Wildman–Crippen MR) is 138 cm³/mol. The first-order valence-electron chi connectivity index (χ1n) is 12.3. The highest BCUT2D eigenvalue weighted by atomic mass is 32.1. The molecule has 1 amide bonds. The lowest BCUT2D eigenvalue weighted by atomic mass is 9.92. The van der Waals surface area contributed by atoms with E-state index in [9.17, 15) is 9.59 Å². The average molecular weight is 490 g/mol. The van der Waals surface area contributed by atoms with Crippen LogP contribution in [0.2, 0.25) is 0 Å². The van der Waals surface area contributed by atoms with Gasteiger partial charge in [-0.05, 0) is 62.9 Å². The van der Waals surface area contributed by atoms with E-state index in [0.717, 1.165) is 59.7 Å². The molecule has 2 aliphatic rings. The van der Waals surface area contributed by atoms with Crippen molar-refractivity contribution in [1.82, 2.24) is 15.6 Å². The van der Waals surface area contributed by atoms with Crippen molar-refractivity contribution in [2.75, 3.05) is 13.7 Å². The lowest BCUT2D eigenvalue weighted by molar-refractivity contribution is 0.0823. The number of carbonyl (C=O) groups excluding carboxylic acids is 2. The molecule has 2 aromatic carbocycles. The van der Waals surface area contributed by atoms with Crippen molar-refractivity contribution in [2.24, 2.45) is 0 Å². The van der Waals surface area contributed by atoms with Crippen LogP contribution in [0.3, 0.4) is 0 Å². The number of piperidine rings is 1. The molecule has 1 saturated heterocycles. The van der Waals surface area contributed by atoms with Crippen LogP contribution in [0.4, 0.5) is 0 Å². The summed E-state index contributed by atoms with van der Waals surface area (Å²) in [5.74, 6) is 0.638. The molecule has 35 heavy (non-hydrogen) atoms. The van der Waals surface area contributed by atoms with Gasteiger partial charge in [0.1, 0.15) is 17.5 Å². The fourth-order valence-corrected chi connectivity index (χ4v) is 5.88. The molecular formula is C28H31N3O3S. The Morgan fingerprint density at radius 3 is 2.66 bits per heavy atom. The van der Waals surface area contributed by atoms with Gasteiger partial charge in [0.15, 0.2) is 0 Å². The number of methoxy groups -OCH3 is 1. The van der Waals surface area contributed by atoms with Crippen molar-refractivity contribution in [2.45, 2.75) is 57.0 Å². The highest BCUT2D eigenvalue weighted by molar-refractivity contribution is 7.15. The van der Waals surface area contributed by atoms with Gasteiger partial charge in [-0.2, -0.15) is 0 Å². The second kappa shape index (κ2) is 10.3. The molecule has 0 spiro atoms. The molecule has 0 bridgehead atoms. The Hall–Kier alpha value is -3.03. The number of nitrogens with zero attached hydrogens (tertiary/aromatic N) is 1. The summed E-state index contributed by atoms with van der Waals surface area (Å²) in [5.41, 5.74) is 3.09. The SMILES string of the molecule is COc1cccc(C(=O)N[C@H](C(=O)c2nc(C3CC3)sc2-c2cccc(C)c2)C2CCCCN2)c1. The molecule has 1 aromatic heterocycles. The maximum atomic E-state index is 14.1. The number of thiazole rings is 1. The van der Waals surface area contributed by atoms with Gasteiger partial charge in [0.05, 0.1) is 17.0 Å². The van der Waals surface area contributed by atoms with Gasteiger partial charge in [0, 0.05) is 17.5 Å². The Labute approximate surface area is 210 Å². The molecule has 5 rings (SSSR count). The summed E-state index contributed by atoms with van der Waals surface area (Å²) >= 11 is 1.62. The van der Waals surface area contributed by atoms with E-state index in [-0.39, 0.29) is 17.7 Å². The first-order chi connectivity index (χ1) is 17.0. The number of rotatable bonds is 8. The minimum Gasteiger partial charge on any atom is -0.497 e. The molecule has 2 heterocycles. The van der Waals surface area contributed by atoms with Crippen LogP contribution in [-0.4, -0.2) is 42.4 Å². The molecular weight excluding hydrogens is 458 g/mol. The minimum absolute atomic E-state index is 0.125. The van der Waals surface area contributed by atoms with E-state index in [4.69, 9.17) is 9.72 Å². The van der Waals surface area contributed by atoms with Gasteiger partial charge in [-0.1, -0.05) is 42.3 Å². The smallest absolute Gasteiger partial charge is 0.252 e. The first-order valence-corrected chi connectivity index (χ1v) is 13.2. The minimum atomic E-state index is -0.702. The topological polar surface area (TPSA) is 80.3 Å². The Bertz CT molecular complexity index is 1230. The standard InChI is InChI=1S/C28H31N3O3S/c1-17-7-5-8-19(15-17)26-24(31-28(35-26)18-12-13-18)25(32)23(22-11-3-4-14-29-22)30-27(33)20-9-6-10-21(16-20)34-2/h5-10,15-16,18,22-23,29H,3-4,11-14H2,1-2H3,(H,30,33)/t22?,23-/m0/s1. The number of nitrogens with one attached hydrogen (secondary N) is 2. The molecule has 1 aliphatic carbocycles. The molecule has 182 valence electrons. The monoisotopic (exact) mass is 489 g/mol. The third kappa shape index (κ3) is 5.31. The van der Waals surface area contributed by atoms with Gasteiger partial charge in [-0.15, -0.1) is 11.3 Å². The van der Waals surface area contributed by atoms with Gasteiger partial charge >= 0.3 is 0 Å². The summed E-state index contributed by atoms with van der Waals surface area (Å²) < 4.78 is 5.28. The Balaban J connectivity index is 1.50. The van der Waals surface area contributed by atoms with Crippen molar-refractivity contribution < 1.29 is 14.3 Å². The van der Waals surface area contributed by atoms with Gasteiger partial charge < -0.3 is 15.4 Å². The summed E-state index contributed by atoms with van der Waals surface area (Å²) in [6, 6.07) is 14.4. The number of carbonyl (C=O) groups is 2. The molecule has 2 atom stereocenters. The van der Waals surface area contributed by atoms with Crippen LogP contribution in [0.15, 0.2) is 48.5 Å². The third-order valence-corrected chi connectivity index (χ3v) is 8.00. The zero-order valence-electron chi connectivity index (χ0n) is 20.2. The number of benzene rings is 2. The van der Waals surface area contributed by atoms with E-state index in [1.807, 2.05) is 12.1 Å². The first kappa shape index (κ1) is 23.7. The largest absolute Gasteiger partial charge is 0.497 e. The van der Waals surface area contributed by atoms with Gasteiger partial charge in [0.25, 0.3) is 5.91 Å². The number of amides is 1. The Morgan fingerprint density at radius 1 is 1.11 bits per heavy atom. The summed E-state index contributed by atoms with van der Waals surface area (Å²) in [6.45, 7) is 2.88. The van der Waals surface area contributed by atoms with Crippen LogP contribution in [0, 0.1) is 6.92 Å². The van der Waals surface area contributed by atoms with Gasteiger partial charge in [-0.25, -0.2) is 4.98 Å². The van der Waals surface area contributed by atoms with Crippen LogP contribution < -0.4 is 15.4 Å². The molecule has 1 unspecified atom stereocenters. The summed E-state index contributed by atoms with van der Waals surface area (Å²) in [7, 11) is 1.57. The second-order valence-electron chi connectivity index (χ2n) is 9.48. The van der Waals surface area contributed by atoms with Crippen LogP contribution in [-0.2, 0) is 0 Å².